The van der Waals surface area contributed by atoms with Crippen molar-refractivity contribution in [2.75, 3.05) is 17.2 Å². The molecule has 0 aliphatic heterocycles. The fraction of sp³-hybridized carbons (Fsp3) is 0.467. The van der Waals surface area contributed by atoms with Gasteiger partial charge in [-0.05, 0) is 44.2 Å². The Bertz CT molecular complexity index is 577. The average molecular weight is 290 g/mol. The molecule has 108 valence electrons. The van der Waals surface area contributed by atoms with Gasteiger partial charge in [-0.15, -0.1) is 11.3 Å². The SMILES string of the molecule is CCNc1nc(C)nc(NCc2sccc2CC)c1C. The molecule has 2 aromatic rings. The first kappa shape index (κ1) is 14.8. The molecule has 2 heterocycles. The van der Waals surface area contributed by atoms with Gasteiger partial charge in [-0.25, -0.2) is 9.97 Å². The van der Waals surface area contributed by atoms with Gasteiger partial charge < -0.3 is 10.6 Å². The van der Waals surface area contributed by atoms with Crippen LogP contribution in [0.5, 0.6) is 0 Å². The maximum atomic E-state index is 4.51. The summed E-state index contributed by atoms with van der Waals surface area (Å²) in [4.78, 5) is 10.3. The van der Waals surface area contributed by atoms with Crippen molar-refractivity contribution >= 4 is 23.0 Å². The number of thiophene rings is 1. The van der Waals surface area contributed by atoms with E-state index in [2.05, 4.69) is 52.8 Å². The zero-order valence-electron chi connectivity index (χ0n) is 12.6. The van der Waals surface area contributed by atoms with E-state index >= 15 is 0 Å². The Hall–Kier alpha value is -1.62. The second-order valence-electron chi connectivity index (χ2n) is 4.70. The number of aryl methyl sites for hydroxylation is 2. The molecule has 0 fully saturated rings. The molecule has 2 N–H and O–H groups in total. The van der Waals surface area contributed by atoms with Crippen molar-refractivity contribution in [1.29, 1.82) is 0 Å². The molecule has 0 saturated carbocycles. The first-order valence-electron chi connectivity index (χ1n) is 7.03. The minimum Gasteiger partial charge on any atom is -0.370 e. The zero-order valence-corrected chi connectivity index (χ0v) is 13.4. The number of aromatic nitrogens is 2. The number of hydrogen-bond donors (Lipinski definition) is 2. The van der Waals surface area contributed by atoms with E-state index in [-0.39, 0.29) is 0 Å². The molecule has 0 spiro atoms. The molecule has 0 aliphatic rings. The number of nitrogens with zero attached hydrogens (tertiary/aromatic N) is 2. The van der Waals surface area contributed by atoms with Crippen molar-refractivity contribution in [2.45, 2.75) is 40.7 Å². The summed E-state index contributed by atoms with van der Waals surface area (Å²) in [6, 6.07) is 2.20. The van der Waals surface area contributed by atoms with Crippen molar-refractivity contribution in [1.82, 2.24) is 9.97 Å². The van der Waals surface area contributed by atoms with Gasteiger partial charge in [0.15, 0.2) is 0 Å². The molecule has 0 aliphatic carbocycles. The van der Waals surface area contributed by atoms with Gasteiger partial charge in [-0.1, -0.05) is 6.92 Å². The van der Waals surface area contributed by atoms with Gasteiger partial charge in [0.1, 0.15) is 17.5 Å². The maximum Gasteiger partial charge on any atom is 0.135 e. The summed E-state index contributed by atoms with van der Waals surface area (Å²) >= 11 is 1.80. The average Bonchev–Trinajstić information content (AvgIpc) is 2.88. The van der Waals surface area contributed by atoms with Crippen LogP contribution >= 0.6 is 11.3 Å². The van der Waals surface area contributed by atoms with Crippen LogP contribution in [0, 0.1) is 13.8 Å². The van der Waals surface area contributed by atoms with Crippen LogP contribution in [0.1, 0.15) is 35.7 Å². The summed E-state index contributed by atoms with van der Waals surface area (Å²) < 4.78 is 0. The first-order chi connectivity index (χ1) is 9.65. The number of rotatable bonds is 6. The number of hydrogen-bond acceptors (Lipinski definition) is 5. The van der Waals surface area contributed by atoms with Crippen LogP contribution in [0.2, 0.25) is 0 Å². The van der Waals surface area contributed by atoms with Gasteiger partial charge in [0, 0.05) is 17.0 Å². The largest absolute Gasteiger partial charge is 0.370 e. The molecule has 0 unspecified atom stereocenters. The summed E-state index contributed by atoms with van der Waals surface area (Å²) in [6.07, 6.45) is 1.07. The summed E-state index contributed by atoms with van der Waals surface area (Å²) in [5.41, 5.74) is 2.49. The Morgan fingerprint density at radius 2 is 1.80 bits per heavy atom. The van der Waals surface area contributed by atoms with E-state index in [4.69, 9.17) is 0 Å². The van der Waals surface area contributed by atoms with Gasteiger partial charge in [-0.2, -0.15) is 0 Å². The molecule has 5 heteroatoms. The molecule has 2 aromatic heterocycles. The highest BCUT2D eigenvalue weighted by Crippen LogP contribution is 2.23. The highest BCUT2D eigenvalue weighted by Gasteiger charge is 2.09. The van der Waals surface area contributed by atoms with Crippen LogP contribution in [0.3, 0.4) is 0 Å². The Morgan fingerprint density at radius 1 is 1.10 bits per heavy atom. The highest BCUT2D eigenvalue weighted by atomic mass is 32.1. The van der Waals surface area contributed by atoms with Crippen LogP contribution in [0.15, 0.2) is 11.4 Å². The fourth-order valence-corrected chi connectivity index (χ4v) is 3.06. The molecular weight excluding hydrogens is 268 g/mol. The molecule has 0 aromatic carbocycles. The van der Waals surface area contributed by atoms with Gasteiger partial charge in [0.25, 0.3) is 0 Å². The number of nitrogens with one attached hydrogen (secondary N) is 2. The quantitative estimate of drug-likeness (QED) is 0.850. The first-order valence-corrected chi connectivity index (χ1v) is 7.91. The second-order valence-corrected chi connectivity index (χ2v) is 5.70. The lowest BCUT2D eigenvalue weighted by Gasteiger charge is -2.13. The Labute approximate surface area is 124 Å². The normalized spacial score (nSPS) is 10.6. The van der Waals surface area contributed by atoms with Gasteiger partial charge in [0.05, 0.1) is 6.54 Å². The van der Waals surface area contributed by atoms with Crippen molar-refractivity contribution in [3.8, 4) is 0 Å². The lowest BCUT2D eigenvalue weighted by molar-refractivity contribution is 0.990. The monoisotopic (exact) mass is 290 g/mol. The van der Waals surface area contributed by atoms with E-state index in [1.165, 1.54) is 10.4 Å². The molecule has 2 rings (SSSR count). The van der Waals surface area contributed by atoms with Gasteiger partial charge in [-0.3, -0.25) is 0 Å². The van der Waals surface area contributed by atoms with Gasteiger partial charge in [0.2, 0.25) is 0 Å². The van der Waals surface area contributed by atoms with Crippen molar-refractivity contribution in [3.63, 3.8) is 0 Å². The highest BCUT2D eigenvalue weighted by molar-refractivity contribution is 7.10. The maximum absolute atomic E-state index is 4.51. The van der Waals surface area contributed by atoms with E-state index in [9.17, 15) is 0 Å². The smallest absolute Gasteiger partial charge is 0.135 e. The third-order valence-electron chi connectivity index (χ3n) is 3.24. The third-order valence-corrected chi connectivity index (χ3v) is 4.20. The minimum atomic E-state index is 0.788. The zero-order chi connectivity index (χ0) is 14.5. The molecule has 4 nitrogen and oxygen atoms in total. The van der Waals surface area contributed by atoms with E-state index in [1.807, 2.05) is 6.92 Å². The van der Waals surface area contributed by atoms with Crippen LogP contribution in [0.25, 0.3) is 0 Å². The van der Waals surface area contributed by atoms with Crippen molar-refractivity contribution in [2.24, 2.45) is 0 Å². The molecular formula is C15H22N4S. The van der Waals surface area contributed by atoms with Crippen LogP contribution in [-0.2, 0) is 13.0 Å². The molecule has 0 saturated heterocycles. The van der Waals surface area contributed by atoms with E-state index in [0.717, 1.165) is 42.5 Å². The lowest BCUT2D eigenvalue weighted by Crippen LogP contribution is -2.10. The summed E-state index contributed by atoms with van der Waals surface area (Å²) in [6.45, 7) is 9.92. The Kier molecular flexibility index (Phi) is 4.95. The van der Waals surface area contributed by atoms with E-state index < -0.39 is 0 Å². The van der Waals surface area contributed by atoms with E-state index in [0.29, 0.717) is 0 Å². The van der Waals surface area contributed by atoms with Gasteiger partial charge >= 0.3 is 0 Å². The fourth-order valence-electron chi connectivity index (χ4n) is 2.14. The molecule has 0 bridgehead atoms. The predicted molar refractivity (Wildman–Crippen MR) is 86.7 cm³/mol. The molecule has 0 atom stereocenters. The Morgan fingerprint density at radius 3 is 2.45 bits per heavy atom. The van der Waals surface area contributed by atoms with E-state index in [1.54, 1.807) is 11.3 Å². The number of anilines is 2. The van der Waals surface area contributed by atoms with Crippen molar-refractivity contribution < 1.29 is 0 Å². The third kappa shape index (κ3) is 3.28. The Balaban J connectivity index is 2.17. The van der Waals surface area contributed by atoms with Crippen LogP contribution < -0.4 is 10.6 Å². The van der Waals surface area contributed by atoms with Crippen LogP contribution in [0.4, 0.5) is 11.6 Å². The van der Waals surface area contributed by atoms with Crippen molar-refractivity contribution in [3.05, 3.63) is 33.3 Å². The molecule has 0 radical (unpaired) electrons. The summed E-state index contributed by atoms with van der Waals surface area (Å²) in [5, 5.41) is 8.88. The standard InChI is InChI=1S/C15H22N4S/c1-5-12-7-8-20-13(12)9-17-15-10(3)14(16-6-2)18-11(4)19-15/h7-8H,5-6,9H2,1-4H3,(H2,16,17,18,19). The molecule has 0 amide bonds. The topological polar surface area (TPSA) is 49.8 Å². The minimum absolute atomic E-state index is 0.788. The summed E-state index contributed by atoms with van der Waals surface area (Å²) in [7, 11) is 0. The summed E-state index contributed by atoms with van der Waals surface area (Å²) in [5.74, 6) is 2.63. The lowest BCUT2D eigenvalue weighted by atomic mass is 10.2. The van der Waals surface area contributed by atoms with Crippen LogP contribution in [-0.4, -0.2) is 16.5 Å². The predicted octanol–water partition coefficient (Wildman–Crippen LogP) is 3.76. The molecule has 20 heavy (non-hydrogen) atoms. The second kappa shape index (κ2) is 6.70.